The first-order chi connectivity index (χ1) is 19.1. The fourth-order valence-electron chi connectivity index (χ4n) is 4.16. The van der Waals surface area contributed by atoms with Gasteiger partial charge in [-0.05, 0) is 66.1 Å². The van der Waals surface area contributed by atoms with Crippen LogP contribution in [0, 0.1) is 6.92 Å². The molecule has 1 aliphatic rings. The summed E-state index contributed by atoms with van der Waals surface area (Å²) in [5, 5.41) is 8.82. The highest BCUT2D eigenvalue weighted by Crippen LogP contribution is 2.34. The number of hydrogen-bond acceptors (Lipinski definition) is 8. The summed E-state index contributed by atoms with van der Waals surface area (Å²) < 4.78 is 22.3. The fraction of sp³-hybridized carbons (Fsp3) is 0.345. The Hall–Kier alpha value is -3.99. The van der Waals surface area contributed by atoms with Crippen molar-refractivity contribution in [2.75, 3.05) is 68.7 Å². The summed E-state index contributed by atoms with van der Waals surface area (Å²) in [6.45, 7) is 5.98. The molecule has 0 spiro atoms. The molecular formula is C29H34N4O6. The number of fused-ring (bicyclic) bond motifs is 1. The molecular weight excluding hydrogens is 500 g/mol. The van der Waals surface area contributed by atoms with E-state index in [1.807, 2.05) is 18.2 Å². The Morgan fingerprint density at radius 1 is 0.923 bits per heavy atom. The zero-order valence-electron chi connectivity index (χ0n) is 22.0. The zero-order valence-corrected chi connectivity index (χ0v) is 22.0. The van der Waals surface area contributed by atoms with Crippen molar-refractivity contribution in [2.45, 2.75) is 13.3 Å². The largest absolute Gasteiger partial charge is 0.491 e. The lowest BCUT2D eigenvalue weighted by atomic mass is 9.98. The number of ether oxygens (including phenoxy) is 4. The number of rotatable bonds is 17. The van der Waals surface area contributed by atoms with Gasteiger partial charge in [0.05, 0.1) is 46.1 Å². The van der Waals surface area contributed by atoms with E-state index in [1.54, 1.807) is 30.5 Å². The molecule has 206 valence electrons. The molecule has 1 aliphatic heterocycles. The summed E-state index contributed by atoms with van der Waals surface area (Å²) in [6, 6.07) is 15.1. The molecule has 0 radical (unpaired) electrons. The van der Waals surface area contributed by atoms with Crippen LogP contribution >= 0.6 is 0 Å². The average Bonchev–Trinajstić information content (AvgIpc) is 3.31. The van der Waals surface area contributed by atoms with Crippen LogP contribution in [-0.4, -0.2) is 70.1 Å². The summed E-state index contributed by atoms with van der Waals surface area (Å²) >= 11 is 0. The Morgan fingerprint density at radius 2 is 1.64 bits per heavy atom. The Bertz CT molecular complexity index is 1230. The lowest BCUT2D eigenvalue weighted by molar-refractivity contribution is -0.115. The minimum atomic E-state index is 0.0243. The first kappa shape index (κ1) is 28.0. The first-order valence-electron chi connectivity index (χ1n) is 12.9. The van der Waals surface area contributed by atoms with Crippen LogP contribution in [0.5, 0.6) is 5.75 Å². The Labute approximate surface area is 228 Å². The van der Waals surface area contributed by atoms with Crippen molar-refractivity contribution >= 4 is 29.5 Å². The van der Waals surface area contributed by atoms with Crippen LogP contribution in [0.15, 0.2) is 54.7 Å². The Kier molecular flexibility index (Phi) is 10.6. The van der Waals surface area contributed by atoms with E-state index in [0.29, 0.717) is 77.1 Å². The van der Waals surface area contributed by atoms with Crippen molar-refractivity contribution in [3.8, 4) is 16.9 Å². The molecule has 10 heteroatoms. The van der Waals surface area contributed by atoms with Gasteiger partial charge in [-0.1, -0.05) is 6.07 Å². The number of amides is 2. The third-order valence-electron chi connectivity index (χ3n) is 6.04. The summed E-state index contributed by atoms with van der Waals surface area (Å²) in [4.78, 5) is 26.6. The van der Waals surface area contributed by atoms with E-state index in [-0.39, 0.29) is 5.91 Å². The van der Waals surface area contributed by atoms with E-state index >= 15 is 0 Å². The average molecular weight is 535 g/mol. The van der Waals surface area contributed by atoms with Crippen LogP contribution in [0.2, 0.25) is 0 Å². The maximum atomic E-state index is 11.7. The Morgan fingerprint density at radius 3 is 2.38 bits per heavy atom. The number of pyridine rings is 1. The van der Waals surface area contributed by atoms with E-state index in [0.717, 1.165) is 33.8 Å². The molecule has 4 rings (SSSR count). The summed E-state index contributed by atoms with van der Waals surface area (Å²) in [5.74, 6) is 1.53. The van der Waals surface area contributed by atoms with Crippen LogP contribution < -0.4 is 20.7 Å². The normalized spacial score (nSPS) is 12.1. The number of nitrogens with one attached hydrogen (secondary N) is 3. The van der Waals surface area contributed by atoms with E-state index in [4.69, 9.17) is 18.9 Å². The molecule has 0 aliphatic carbocycles. The van der Waals surface area contributed by atoms with Crippen LogP contribution in [0.25, 0.3) is 11.1 Å². The fourth-order valence-corrected chi connectivity index (χ4v) is 4.16. The third-order valence-corrected chi connectivity index (χ3v) is 6.04. The van der Waals surface area contributed by atoms with Gasteiger partial charge in [0, 0.05) is 29.7 Å². The van der Waals surface area contributed by atoms with E-state index in [2.05, 4.69) is 33.9 Å². The molecule has 1 aromatic heterocycles. The number of anilines is 3. The Balaban J connectivity index is 1.05. The molecule has 2 heterocycles. The molecule has 3 N–H and O–H groups in total. The molecule has 0 unspecified atom stereocenters. The molecule has 3 aromatic rings. The van der Waals surface area contributed by atoms with Gasteiger partial charge in [-0.15, -0.1) is 0 Å². The maximum absolute atomic E-state index is 11.7. The standard InChI is InChI=1S/C29H34N4O6/c1-21-8-9-30-29(28(21)22-2-7-26-23(18-22)19-27(35)33-26)31-10-11-36-12-13-37-14-15-38-16-17-39-25-5-3-24(4-6-25)32-20-34/h2-9,18,20H,10-17,19H2,1H3,(H,30,31)(H,32,34)(H,33,35). The minimum absolute atomic E-state index is 0.0243. The summed E-state index contributed by atoms with van der Waals surface area (Å²) in [7, 11) is 0. The molecule has 0 saturated heterocycles. The second-order valence-electron chi connectivity index (χ2n) is 8.85. The van der Waals surface area contributed by atoms with Crippen molar-refractivity contribution < 1.29 is 28.5 Å². The van der Waals surface area contributed by atoms with E-state index in [9.17, 15) is 9.59 Å². The van der Waals surface area contributed by atoms with Crippen molar-refractivity contribution in [2.24, 2.45) is 0 Å². The highest BCUT2D eigenvalue weighted by Gasteiger charge is 2.19. The van der Waals surface area contributed by atoms with Gasteiger partial charge < -0.3 is 34.9 Å². The quantitative estimate of drug-likeness (QED) is 0.177. The van der Waals surface area contributed by atoms with Gasteiger partial charge in [0.2, 0.25) is 12.3 Å². The highest BCUT2D eigenvalue weighted by atomic mass is 16.6. The van der Waals surface area contributed by atoms with Gasteiger partial charge in [0.1, 0.15) is 18.2 Å². The number of hydrogen-bond donors (Lipinski definition) is 3. The summed E-state index contributed by atoms with van der Waals surface area (Å²) in [5.41, 5.74) is 5.76. The van der Waals surface area contributed by atoms with Crippen LogP contribution in [0.3, 0.4) is 0 Å². The van der Waals surface area contributed by atoms with Crippen LogP contribution in [0.1, 0.15) is 11.1 Å². The predicted octanol–water partition coefficient (Wildman–Crippen LogP) is 3.66. The number of carbonyl (C=O) groups is 2. The van der Waals surface area contributed by atoms with E-state index in [1.165, 1.54) is 0 Å². The number of benzene rings is 2. The summed E-state index contributed by atoms with van der Waals surface area (Å²) in [6.07, 6.45) is 2.82. The number of aryl methyl sites for hydroxylation is 1. The SMILES string of the molecule is Cc1ccnc(NCCOCCOCCOCCOc2ccc(NC=O)cc2)c1-c1ccc2c(c1)CC(=O)N2. The zero-order chi connectivity index (χ0) is 27.3. The van der Waals surface area contributed by atoms with Gasteiger partial charge >= 0.3 is 0 Å². The highest BCUT2D eigenvalue weighted by molar-refractivity contribution is 6.00. The van der Waals surface area contributed by atoms with Crippen molar-refractivity contribution in [1.82, 2.24) is 4.98 Å². The molecule has 10 nitrogen and oxygen atoms in total. The molecule has 0 bridgehead atoms. The van der Waals surface area contributed by atoms with Crippen molar-refractivity contribution in [3.63, 3.8) is 0 Å². The molecule has 0 fully saturated rings. The first-order valence-corrected chi connectivity index (χ1v) is 12.9. The lowest BCUT2D eigenvalue weighted by Gasteiger charge is -2.15. The van der Waals surface area contributed by atoms with Crippen LogP contribution in [0.4, 0.5) is 17.2 Å². The van der Waals surface area contributed by atoms with Gasteiger partial charge in [0.15, 0.2) is 0 Å². The van der Waals surface area contributed by atoms with Crippen LogP contribution in [-0.2, 0) is 30.2 Å². The lowest BCUT2D eigenvalue weighted by Crippen LogP contribution is -2.15. The van der Waals surface area contributed by atoms with Crippen molar-refractivity contribution in [3.05, 3.63) is 65.9 Å². The molecule has 0 saturated carbocycles. The predicted molar refractivity (Wildman–Crippen MR) is 149 cm³/mol. The second-order valence-corrected chi connectivity index (χ2v) is 8.85. The van der Waals surface area contributed by atoms with E-state index < -0.39 is 0 Å². The minimum Gasteiger partial charge on any atom is -0.491 e. The molecule has 2 amide bonds. The second kappa shape index (κ2) is 14.8. The molecule has 0 atom stereocenters. The third kappa shape index (κ3) is 8.51. The number of carbonyl (C=O) groups excluding carboxylic acids is 2. The number of nitrogens with zero attached hydrogens (tertiary/aromatic N) is 1. The maximum Gasteiger partial charge on any atom is 0.228 e. The van der Waals surface area contributed by atoms with Gasteiger partial charge in [-0.2, -0.15) is 0 Å². The van der Waals surface area contributed by atoms with Gasteiger partial charge in [0.25, 0.3) is 0 Å². The molecule has 2 aromatic carbocycles. The number of aromatic nitrogens is 1. The molecule has 39 heavy (non-hydrogen) atoms. The smallest absolute Gasteiger partial charge is 0.228 e. The monoisotopic (exact) mass is 534 g/mol. The van der Waals surface area contributed by atoms with Gasteiger partial charge in [-0.3, -0.25) is 9.59 Å². The van der Waals surface area contributed by atoms with Crippen molar-refractivity contribution in [1.29, 1.82) is 0 Å². The topological polar surface area (TPSA) is 120 Å². The van der Waals surface area contributed by atoms with Gasteiger partial charge in [-0.25, -0.2) is 4.98 Å².